The summed E-state index contributed by atoms with van der Waals surface area (Å²) >= 11 is 1.84. The van der Waals surface area contributed by atoms with Crippen molar-refractivity contribution in [3.8, 4) is 0 Å². The number of anilines is 1. The molecular weight excluding hydrogens is 232 g/mol. The van der Waals surface area contributed by atoms with Crippen LogP contribution in [0.4, 0.5) is 5.69 Å². The fourth-order valence-electron chi connectivity index (χ4n) is 2.03. The Balaban J connectivity index is 1.56. The summed E-state index contributed by atoms with van der Waals surface area (Å²) in [5.41, 5.74) is 2.37. The van der Waals surface area contributed by atoms with Gasteiger partial charge in [-0.25, -0.2) is 0 Å². The predicted octanol–water partition coefficient (Wildman–Crippen LogP) is 2.88. The normalized spacial score (nSPS) is 23.9. The van der Waals surface area contributed by atoms with Gasteiger partial charge < -0.3 is 9.46 Å². The van der Waals surface area contributed by atoms with Crippen LogP contribution in [0.25, 0.3) is 0 Å². The Morgan fingerprint density at radius 3 is 3.12 bits per heavy atom. The number of nitrogens with one attached hydrogen (secondary N) is 1. The van der Waals surface area contributed by atoms with E-state index in [1.165, 1.54) is 30.6 Å². The van der Waals surface area contributed by atoms with Crippen LogP contribution < -0.4 is 4.72 Å². The molecular formula is C13H18N2OS. The molecule has 4 heteroatoms. The van der Waals surface area contributed by atoms with E-state index in [-0.39, 0.29) is 0 Å². The minimum absolute atomic E-state index is 0.661. The first-order valence-electron chi connectivity index (χ1n) is 6.34. The number of aromatic nitrogens is 1. The minimum Gasteiger partial charge on any atom is -0.381 e. The molecule has 1 unspecified atom stereocenters. The topological polar surface area (TPSA) is 34.1 Å². The molecule has 0 bridgehead atoms. The lowest BCUT2D eigenvalue weighted by Crippen LogP contribution is -2.05. The van der Waals surface area contributed by atoms with E-state index in [1.54, 1.807) is 0 Å². The molecule has 1 atom stereocenters. The zero-order chi connectivity index (χ0) is 11.5. The van der Waals surface area contributed by atoms with Crippen molar-refractivity contribution in [1.82, 2.24) is 4.98 Å². The third-order valence-electron chi connectivity index (χ3n) is 3.21. The summed E-state index contributed by atoms with van der Waals surface area (Å²) in [7, 11) is 0. The second-order valence-corrected chi connectivity index (χ2v) is 6.00. The quantitative estimate of drug-likeness (QED) is 0.815. The number of rotatable bonds is 5. The average Bonchev–Trinajstić information content (AvgIpc) is 3.05. The van der Waals surface area contributed by atoms with Gasteiger partial charge in [-0.3, -0.25) is 4.98 Å². The van der Waals surface area contributed by atoms with Crippen LogP contribution in [0.2, 0.25) is 0 Å². The first kappa shape index (κ1) is 11.4. The summed E-state index contributed by atoms with van der Waals surface area (Å²) in [6, 6.07) is 4.22. The molecule has 92 valence electrons. The maximum atomic E-state index is 5.40. The number of ether oxygens (including phenoxy) is 1. The Labute approximate surface area is 106 Å². The van der Waals surface area contributed by atoms with Crippen molar-refractivity contribution in [3.63, 3.8) is 0 Å². The van der Waals surface area contributed by atoms with E-state index in [0.717, 1.165) is 24.9 Å². The second-order valence-electron chi connectivity index (χ2n) is 4.89. The zero-order valence-corrected chi connectivity index (χ0v) is 10.7. The van der Waals surface area contributed by atoms with E-state index in [2.05, 4.69) is 15.8 Å². The third kappa shape index (κ3) is 3.36. The molecule has 0 amide bonds. The Morgan fingerprint density at radius 1 is 1.41 bits per heavy atom. The molecule has 1 N–H and O–H groups in total. The van der Waals surface area contributed by atoms with E-state index < -0.39 is 0 Å². The van der Waals surface area contributed by atoms with Gasteiger partial charge in [-0.15, -0.1) is 0 Å². The lowest BCUT2D eigenvalue weighted by Gasteiger charge is -2.09. The van der Waals surface area contributed by atoms with Crippen molar-refractivity contribution in [2.45, 2.75) is 30.9 Å². The molecule has 2 aliphatic rings. The Bertz CT molecular complexity index is 375. The zero-order valence-electron chi connectivity index (χ0n) is 9.89. The van der Waals surface area contributed by atoms with Crippen molar-refractivity contribution in [2.75, 3.05) is 17.9 Å². The van der Waals surface area contributed by atoms with Crippen LogP contribution in [0.5, 0.6) is 0 Å². The van der Waals surface area contributed by atoms with E-state index in [1.807, 2.05) is 24.2 Å². The van der Waals surface area contributed by atoms with Crippen molar-refractivity contribution in [3.05, 3.63) is 24.0 Å². The average molecular weight is 250 g/mol. The first-order valence-corrected chi connectivity index (χ1v) is 7.22. The summed E-state index contributed by atoms with van der Waals surface area (Å²) in [6.45, 7) is 1.82. The smallest absolute Gasteiger partial charge is 0.0498 e. The number of nitrogens with zero attached hydrogens (tertiary/aromatic N) is 1. The summed E-state index contributed by atoms with van der Waals surface area (Å²) < 4.78 is 8.82. The van der Waals surface area contributed by atoms with Crippen LogP contribution in [0, 0.1) is 5.92 Å². The molecule has 1 saturated carbocycles. The number of hydrogen-bond donors (Lipinski definition) is 1. The van der Waals surface area contributed by atoms with Gasteiger partial charge in [0.2, 0.25) is 0 Å². The fraction of sp³-hybridized carbons (Fsp3) is 0.615. The van der Waals surface area contributed by atoms with E-state index in [4.69, 9.17) is 4.74 Å². The molecule has 1 saturated heterocycles. The van der Waals surface area contributed by atoms with Crippen molar-refractivity contribution >= 4 is 17.6 Å². The summed E-state index contributed by atoms with van der Waals surface area (Å²) in [6.07, 6.45) is 6.84. The monoisotopic (exact) mass is 250 g/mol. The highest BCUT2D eigenvalue weighted by molar-refractivity contribution is 8.01. The maximum absolute atomic E-state index is 5.40. The highest BCUT2D eigenvalue weighted by Crippen LogP contribution is 2.34. The van der Waals surface area contributed by atoms with Gasteiger partial charge in [0.25, 0.3) is 0 Å². The summed E-state index contributed by atoms with van der Waals surface area (Å²) in [4.78, 5) is 4.44. The Morgan fingerprint density at radius 2 is 2.35 bits per heavy atom. The van der Waals surface area contributed by atoms with Gasteiger partial charge in [0, 0.05) is 36.0 Å². The number of hydrogen-bond acceptors (Lipinski definition) is 4. The van der Waals surface area contributed by atoms with Gasteiger partial charge >= 0.3 is 0 Å². The van der Waals surface area contributed by atoms with Crippen LogP contribution >= 0.6 is 11.9 Å². The molecule has 3 nitrogen and oxygen atoms in total. The summed E-state index contributed by atoms with van der Waals surface area (Å²) in [5.74, 6) is 0.661. The molecule has 2 heterocycles. The van der Waals surface area contributed by atoms with Crippen LogP contribution in [0.15, 0.2) is 18.3 Å². The summed E-state index contributed by atoms with van der Waals surface area (Å²) in [5, 5.41) is 0.829. The highest BCUT2D eigenvalue weighted by Gasteiger charge is 2.22. The van der Waals surface area contributed by atoms with Gasteiger partial charge in [-0.05, 0) is 55.7 Å². The van der Waals surface area contributed by atoms with Gasteiger partial charge in [0.1, 0.15) is 0 Å². The third-order valence-corrected chi connectivity index (χ3v) is 4.36. The second kappa shape index (κ2) is 5.27. The number of pyridine rings is 1. The van der Waals surface area contributed by atoms with Crippen molar-refractivity contribution in [2.24, 2.45) is 5.92 Å². The van der Waals surface area contributed by atoms with Gasteiger partial charge in [-0.2, -0.15) is 0 Å². The van der Waals surface area contributed by atoms with Crippen molar-refractivity contribution < 1.29 is 4.74 Å². The predicted molar refractivity (Wildman–Crippen MR) is 71.1 cm³/mol. The maximum Gasteiger partial charge on any atom is 0.0498 e. The molecule has 1 aromatic rings. The van der Waals surface area contributed by atoms with E-state index in [9.17, 15) is 0 Å². The molecule has 0 spiro atoms. The van der Waals surface area contributed by atoms with Crippen molar-refractivity contribution in [1.29, 1.82) is 0 Å². The molecule has 1 aromatic heterocycles. The molecule has 3 rings (SSSR count). The molecule has 0 aromatic carbocycles. The fourth-order valence-corrected chi connectivity index (χ4v) is 2.83. The molecule has 1 aliphatic heterocycles. The standard InChI is InChI=1S/C13H18N2OS/c1-2-13(1)17-15-11-3-5-14-12(8-11)7-10-4-6-16-9-10/h3,5,8,10,13H,1-2,4,6-7,9H2,(H,14,15). The highest BCUT2D eigenvalue weighted by atomic mass is 32.2. The molecule has 0 radical (unpaired) electrons. The largest absolute Gasteiger partial charge is 0.381 e. The van der Waals surface area contributed by atoms with Crippen LogP contribution in [0.1, 0.15) is 25.0 Å². The Kier molecular flexibility index (Phi) is 3.52. The Hall–Kier alpha value is -0.740. The van der Waals surface area contributed by atoms with Crippen LogP contribution in [-0.4, -0.2) is 23.4 Å². The first-order chi connectivity index (χ1) is 8.40. The molecule has 1 aliphatic carbocycles. The van der Waals surface area contributed by atoms with Crippen LogP contribution in [-0.2, 0) is 11.2 Å². The molecule has 17 heavy (non-hydrogen) atoms. The van der Waals surface area contributed by atoms with E-state index >= 15 is 0 Å². The lowest BCUT2D eigenvalue weighted by molar-refractivity contribution is 0.185. The van der Waals surface area contributed by atoms with Gasteiger partial charge in [0.05, 0.1) is 0 Å². The molecule has 2 fully saturated rings. The lowest BCUT2D eigenvalue weighted by atomic mass is 10.0. The minimum atomic E-state index is 0.661. The van der Waals surface area contributed by atoms with Gasteiger partial charge in [0.15, 0.2) is 0 Å². The van der Waals surface area contributed by atoms with Crippen LogP contribution in [0.3, 0.4) is 0 Å². The van der Waals surface area contributed by atoms with E-state index in [0.29, 0.717) is 5.92 Å². The van der Waals surface area contributed by atoms with Gasteiger partial charge in [-0.1, -0.05) is 0 Å². The SMILES string of the molecule is c1cc(NSC2CC2)cc(CC2CCOC2)n1.